The lowest BCUT2D eigenvalue weighted by Crippen LogP contribution is -2.14. The topological polar surface area (TPSA) is 67.4 Å². The lowest BCUT2D eigenvalue weighted by Gasteiger charge is -2.08. The Labute approximate surface area is 151 Å². The molecule has 3 aromatic carbocycles. The van der Waals surface area contributed by atoms with Crippen molar-refractivity contribution in [2.75, 3.05) is 17.7 Å². The average Bonchev–Trinajstić information content (AvgIpc) is 2.69. The van der Waals surface area contributed by atoms with Crippen LogP contribution in [0.25, 0.3) is 0 Å². The van der Waals surface area contributed by atoms with E-state index >= 15 is 0 Å². The summed E-state index contributed by atoms with van der Waals surface area (Å²) in [5, 5.41) is 5.61. The van der Waals surface area contributed by atoms with E-state index in [2.05, 4.69) is 10.6 Å². The van der Waals surface area contributed by atoms with Crippen LogP contribution in [0.15, 0.2) is 78.9 Å². The summed E-state index contributed by atoms with van der Waals surface area (Å²) in [7, 11) is 1.57. The summed E-state index contributed by atoms with van der Waals surface area (Å²) in [6.45, 7) is 0. The molecule has 2 N–H and O–H groups in total. The fourth-order valence-corrected chi connectivity index (χ4v) is 2.40. The van der Waals surface area contributed by atoms with Gasteiger partial charge in [0.2, 0.25) is 0 Å². The van der Waals surface area contributed by atoms with Gasteiger partial charge in [-0.15, -0.1) is 0 Å². The van der Waals surface area contributed by atoms with Gasteiger partial charge in [0.15, 0.2) is 0 Å². The molecule has 0 bridgehead atoms. The molecule has 0 aliphatic rings. The molecule has 5 nitrogen and oxygen atoms in total. The highest BCUT2D eigenvalue weighted by molar-refractivity contribution is 6.07. The van der Waals surface area contributed by atoms with Crippen molar-refractivity contribution in [3.05, 3.63) is 90.0 Å². The van der Waals surface area contributed by atoms with Gasteiger partial charge in [0.05, 0.1) is 7.11 Å². The van der Waals surface area contributed by atoms with Gasteiger partial charge >= 0.3 is 0 Å². The number of benzene rings is 3. The molecule has 0 aliphatic carbocycles. The Morgan fingerprint density at radius 3 is 1.81 bits per heavy atom. The van der Waals surface area contributed by atoms with Crippen LogP contribution < -0.4 is 15.4 Å². The number of para-hydroxylation sites is 1. The van der Waals surface area contributed by atoms with Crippen molar-refractivity contribution in [3.63, 3.8) is 0 Å². The Balaban J connectivity index is 1.66. The van der Waals surface area contributed by atoms with Crippen molar-refractivity contribution in [2.45, 2.75) is 0 Å². The molecule has 0 aliphatic heterocycles. The molecule has 5 heteroatoms. The molecule has 0 saturated carbocycles. The van der Waals surface area contributed by atoms with Gasteiger partial charge in [0.1, 0.15) is 5.75 Å². The number of hydrogen-bond acceptors (Lipinski definition) is 3. The van der Waals surface area contributed by atoms with Crippen molar-refractivity contribution in [1.29, 1.82) is 0 Å². The van der Waals surface area contributed by atoms with Crippen molar-refractivity contribution < 1.29 is 14.3 Å². The van der Waals surface area contributed by atoms with E-state index in [-0.39, 0.29) is 11.8 Å². The van der Waals surface area contributed by atoms with Crippen LogP contribution in [-0.2, 0) is 0 Å². The Bertz CT molecular complexity index is 906. The summed E-state index contributed by atoms with van der Waals surface area (Å²) in [5.41, 5.74) is 2.30. The van der Waals surface area contributed by atoms with Crippen molar-refractivity contribution in [2.24, 2.45) is 0 Å². The van der Waals surface area contributed by atoms with Gasteiger partial charge in [-0.05, 0) is 48.5 Å². The number of rotatable bonds is 5. The molecule has 0 heterocycles. The first-order valence-corrected chi connectivity index (χ1v) is 8.07. The second-order valence-electron chi connectivity index (χ2n) is 5.58. The lowest BCUT2D eigenvalue weighted by molar-refractivity contribution is 0.101. The fourth-order valence-electron chi connectivity index (χ4n) is 2.40. The third-order valence-electron chi connectivity index (χ3n) is 3.77. The third-order valence-corrected chi connectivity index (χ3v) is 3.77. The average molecular weight is 346 g/mol. The van der Waals surface area contributed by atoms with Gasteiger partial charge in [-0.2, -0.15) is 0 Å². The monoisotopic (exact) mass is 346 g/mol. The molecule has 0 atom stereocenters. The minimum absolute atomic E-state index is 0.226. The van der Waals surface area contributed by atoms with E-state index in [0.717, 1.165) is 5.69 Å². The summed E-state index contributed by atoms with van der Waals surface area (Å²) in [6.07, 6.45) is 0. The van der Waals surface area contributed by atoms with E-state index in [1.54, 1.807) is 55.6 Å². The maximum atomic E-state index is 12.3. The molecule has 130 valence electrons. The number of carbonyl (C=O) groups is 2. The predicted molar refractivity (Wildman–Crippen MR) is 102 cm³/mol. The Morgan fingerprint density at radius 2 is 1.23 bits per heavy atom. The number of hydrogen-bond donors (Lipinski definition) is 2. The summed E-state index contributed by atoms with van der Waals surface area (Å²) in [4.78, 5) is 24.6. The largest absolute Gasteiger partial charge is 0.497 e. The predicted octanol–water partition coefficient (Wildman–Crippen LogP) is 4.20. The molecule has 0 saturated heterocycles. The van der Waals surface area contributed by atoms with Crippen molar-refractivity contribution in [3.8, 4) is 5.75 Å². The van der Waals surface area contributed by atoms with Crippen LogP contribution in [0.5, 0.6) is 5.75 Å². The first kappa shape index (κ1) is 17.2. The van der Waals surface area contributed by atoms with Crippen LogP contribution in [0, 0.1) is 0 Å². The summed E-state index contributed by atoms with van der Waals surface area (Å²) in [5.74, 6) is 0.181. The number of carbonyl (C=O) groups excluding carboxylic acids is 2. The zero-order valence-corrected chi connectivity index (χ0v) is 14.2. The van der Waals surface area contributed by atoms with Crippen LogP contribution in [0.1, 0.15) is 20.7 Å². The van der Waals surface area contributed by atoms with Crippen LogP contribution >= 0.6 is 0 Å². The Kier molecular flexibility index (Phi) is 5.29. The van der Waals surface area contributed by atoms with Crippen molar-refractivity contribution in [1.82, 2.24) is 0 Å². The highest BCUT2D eigenvalue weighted by Crippen LogP contribution is 2.18. The second-order valence-corrected chi connectivity index (χ2v) is 5.58. The second kappa shape index (κ2) is 7.98. The molecular formula is C21H18N2O3. The maximum absolute atomic E-state index is 12.3. The number of ether oxygens (including phenoxy) is 1. The highest BCUT2D eigenvalue weighted by atomic mass is 16.5. The molecular weight excluding hydrogens is 328 g/mol. The minimum Gasteiger partial charge on any atom is -0.497 e. The van der Waals surface area contributed by atoms with Crippen LogP contribution in [-0.4, -0.2) is 18.9 Å². The van der Waals surface area contributed by atoms with E-state index in [1.807, 2.05) is 30.3 Å². The molecule has 0 radical (unpaired) electrons. The van der Waals surface area contributed by atoms with Gasteiger partial charge in [0, 0.05) is 28.6 Å². The zero-order valence-electron chi connectivity index (χ0n) is 14.2. The number of nitrogens with one attached hydrogen (secondary N) is 2. The quantitative estimate of drug-likeness (QED) is 0.727. The molecule has 3 aromatic rings. The van der Waals surface area contributed by atoms with E-state index in [0.29, 0.717) is 22.6 Å². The van der Waals surface area contributed by atoms with Crippen LogP contribution in [0.3, 0.4) is 0 Å². The van der Waals surface area contributed by atoms with Gasteiger partial charge in [-0.3, -0.25) is 9.59 Å². The molecule has 0 fully saturated rings. The van der Waals surface area contributed by atoms with E-state index in [4.69, 9.17) is 4.74 Å². The van der Waals surface area contributed by atoms with Gasteiger partial charge < -0.3 is 15.4 Å². The molecule has 0 aromatic heterocycles. The van der Waals surface area contributed by atoms with Crippen LogP contribution in [0.2, 0.25) is 0 Å². The fraction of sp³-hybridized carbons (Fsp3) is 0.0476. The molecule has 3 rings (SSSR count). The Morgan fingerprint density at radius 1 is 0.692 bits per heavy atom. The first-order chi connectivity index (χ1) is 12.7. The minimum atomic E-state index is -0.256. The van der Waals surface area contributed by atoms with Gasteiger partial charge in [-0.25, -0.2) is 0 Å². The molecule has 26 heavy (non-hydrogen) atoms. The standard InChI is InChI=1S/C21H18N2O3/c1-26-19-9-5-8-18(14-19)23-21(25)16-12-10-15(11-13-16)20(24)22-17-6-3-2-4-7-17/h2-14H,1H3,(H,22,24)(H,23,25). The zero-order chi connectivity index (χ0) is 18.4. The van der Waals surface area contributed by atoms with Crippen LogP contribution in [0.4, 0.5) is 11.4 Å². The summed E-state index contributed by atoms with van der Waals surface area (Å²) >= 11 is 0. The summed E-state index contributed by atoms with van der Waals surface area (Å²) < 4.78 is 5.14. The van der Waals surface area contributed by atoms with E-state index < -0.39 is 0 Å². The normalized spacial score (nSPS) is 10.0. The highest BCUT2D eigenvalue weighted by Gasteiger charge is 2.10. The lowest BCUT2D eigenvalue weighted by atomic mass is 10.1. The molecule has 2 amide bonds. The number of methoxy groups -OCH3 is 1. The first-order valence-electron chi connectivity index (χ1n) is 8.07. The van der Waals surface area contributed by atoms with Gasteiger partial charge in [0.25, 0.3) is 11.8 Å². The van der Waals surface area contributed by atoms with E-state index in [9.17, 15) is 9.59 Å². The Hall–Kier alpha value is -3.60. The molecule has 0 spiro atoms. The van der Waals surface area contributed by atoms with Gasteiger partial charge in [-0.1, -0.05) is 24.3 Å². The van der Waals surface area contributed by atoms with E-state index in [1.165, 1.54) is 0 Å². The number of amides is 2. The molecule has 0 unspecified atom stereocenters. The third kappa shape index (κ3) is 4.27. The maximum Gasteiger partial charge on any atom is 0.255 e. The SMILES string of the molecule is COc1cccc(NC(=O)c2ccc(C(=O)Nc3ccccc3)cc2)c1. The summed E-state index contributed by atoms with van der Waals surface area (Å²) in [6, 6.07) is 22.8. The smallest absolute Gasteiger partial charge is 0.255 e. The number of anilines is 2. The van der Waals surface area contributed by atoms with Crippen molar-refractivity contribution >= 4 is 23.2 Å².